The van der Waals surface area contributed by atoms with Crippen LogP contribution in [-0.4, -0.2) is 39.9 Å². The lowest BCUT2D eigenvalue weighted by Crippen LogP contribution is -2.31. The normalized spacial score (nSPS) is 11.7. The molecule has 0 aliphatic heterocycles. The fraction of sp³-hybridized carbons (Fsp3) is 0.235. The number of nitrogens with one attached hydrogen (secondary N) is 1. The molecule has 1 atom stereocenters. The van der Waals surface area contributed by atoms with Crippen LogP contribution >= 0.6 is 0 Å². The molecule has 0 aliphatic rings. The first kappa shape index (κ1) is 17.6. The molecule has 7 nitrogen and oxygen atoms in total. The van der Waals surface area contributed by atoms with Gasteiger partial charge in [-0.1, -0.05) is 24.3 Å². The molecule has 0 spiro atoms. The van der Waals surface area contributed by atoms with Gasteiger partial charge in [0.2, 0.25) is 0 Å². The number of amides is 1. The number of rotatable bonds is 8. The monoisotopic (exact) mass is 329 g/mol. The van der Waals surface area contributed by atoms with Crippen LogP contribution < -0.4 is 11.0 Å². The van der Waals surface area contributed by atoms with Gasteiger partial charge in [0.25, 0.3) is 5.91 Å². The van der Waals surface area contributed by atoms with Crippen molar-refractivity contribution < 1.29 is 14.6 Å². The predicted molar refractivity (Wildman–Crippen MR) is 89.9 cm³/mol. The molecule has 2 N–H and O–H groups in total. The second-order valence-corrected chi connectivity index (χ2v) is 5.05. The number of hydrogen-bond acceptors (Lipinski definition) is 5. The summed E-state index contributed by atoms with van der Waals surface area (Å²) in [5.74, 6) is -0.194. The van der Waals surface area contributed by atoms with E-state index in [0.29, 0.717) is 12.2 Å². The average molecular weight is 329 g/mol. The number of nitrogens with zero attached hydrogens (tertiary/aromatic N) is 2. The molecule has 1 heterocycles. The van der Waals surface area contributed by atoms with Crippen molar-refractivity contribution in [3.8, 4) is 0 Å². The molecule has 2 aromatic rings. The molecule has 24 heavy (non-hydrogen) atoms. The van der Waals surface area contributed by atoms with E-state index >= 15 is 0 Å². The van der Waals surface area contributed by atoms with Crippen molar-refractivity contribution in [1.82, 2.24) is 9.55 Å². The maximum Gasteiger partial charge on any atom is 0.349 e. The van der Waals surface area contributed by atoms with Crippen LogP contribution in [-0.2, 0) is 11.3 Å². The summed E-state index contributed by atoms with van der Waals surface area (Å²) < 4.78 is 6.37. The quantitative estimate of drug-likeness (QED) is 0.558. The van der Waals surface area contributed by atoms with E-state index < -0.39 is 11.8 Å². The summed E-state index contributed by atoms with van der Waals surface area (Å²) in [6.45, 7) is 3.97. The molecule has 0 saturated carbocycles. The average Bonchev–Trinajstić information content (AvgIpc) is 2.58. The van der Waals surface area contributed by atoms with Crippen molar-refractivity contribution in [2.45, 2.75) is 12.6 Å². The Bertz CT molecular complexity index is 743. The van der Waals surface area contributed by atoms with Gasteiger partial charge >= 0.3 is 5.69 Å². The molecule has 0 fully saturated rings. The van der Waals surface area contributed by atoms with Gasteiger partial charge in [0.1, 0.15) is 5.82 Å². The first-order valence-corrected chi connectivity index (χ1v) is 7.40. The molecule has 0 bridgehead atoms. The van der Waals surface area contributed by atoms with E-state index in [4.69, 9.17) is 4.74 Å². The third kappa shape index (κ3) is 5.15. The topological polar surface area (TPSA) is 93.4 Å². The second-order valence-electron chi connectivity index (χ2n) is 5.05. The molecule has 7 heteroatoms. The summed E-state index contributed by atoms with van der Waals surface area (Å²) >= 11 is 0. The van der Waals surface area contributed by atoms with Crippen molar-refractivity contribution >= 4 is 11.7 Å². The number of carbonyl (C=O) groups is 1. The van der Waals surface area contributed by atoms with E-state index in [1.54, 1.807) is 36.4 Å². The van der Waals surface area contributed by atoms with Gasteiger partial charge in [-0.2, -0.15) is 4.98 Å². The Kier molecular flexibility index (Phi) is 6.41. The first-order valence-electron chi connectivity index (χ1n) is 7.40. The van der Waals surface area contributed by atoms with Gasteiger partial charge in [0, 0.05) is 11.8 Å². The molecule has 0 aliphatic carbocycles. The molecule has 0 radical (unpaired) electrons. The number of aliphatic hydroxyl groups excluding tert-OH is 1. The smallest absolute Gasteiger partial charge is 0.349 e. The van der Waals surface area contributed by atoms with Gasteiger partial charge < -0.3 is 15.2 Å². The van der Waals surface area contributed by atoms with E-state index in [0.717, 1.165) is 0 Å². The van der Waals surface area contributed by atoms with Gasteiger partial charge in [-0.3, -0.25) is 9.36 Å². The summed E-state index contributed by atoms with van der Waals surface area (Å²) in [6, 6.07) is 10.1. The first-order chi connectivity index (χ1) is 11.6. The minimum absolute atomic E-state index is 0.0515. The van der Waals surface area contributed by atoms with Gasteiger partial charge in [0.05, 0.1) is 25.9 Å². The van der Waals surface area contributed by atoms with E-state index in [1.165, 1.54) is 16.8 Å². The molecule has 1 aromatic heterocycles. The highest BCUT2D eigenvalue weighted by atomic mass is 16.5. The van der Waals surface area contributed by atoms with Crippen LogP contribution in [0, 0.1) is 0 Å². The lowest BCUT2D eigenvalue weighted by molar-refractivity contribution is 0.0389. The van der Waals surface area contributed by atoms with Crippen LogP contribution in [0.5, 0.6) is 0 Å². The highest BCUT2D eigenvalue weighted by Gasteiger charge is 2.10. The zero-order valence-electron chi connectivity index (χ0n) is 13.1. The third-order valence-corrected chi connectivity index (χ3v) is 3.11. The summed E-state index contributed by atoms with van der Waals surface area (Å²) in [5, 5.41) is 12.4. The fourth-order valence-electron chi connectivity index (χ4n) is 1.98. The Labute approximate surface area is 139 Å². The number of anilines is 1. The third-order valence-electron chi connectivity index (χ3n) is 3.11. The molecule has 126 valence electrons. The van der Waals surface area contributed by atoms with Crippen molar-refractivity contribution in [1.29, 1.82) is 0 Å². The molecule has 2 rings (SSSR count). The SMILES string of the molecule is C=CCOC[C@@H](O)Cn1ccc(NC(=O)c2ccccc2)nc1=O. The van der Waals surface area contributed by atoms with Crippen LogP contribution in [0.2, 0.25) is 0 Å². The zero-order chi connectivity index (χ0) is 17.4. The van der Waals surface area contributed by atoms with Crippen molar-refractivity contribution in [2.24, 2.45) is 0 Å². The van der Waals surface area contributed by atoms with Gasteiger partial charge in [-0.05, 0) is 18.2 Å². The highest BCUT2D eigenvalue weighted by molar-refractivity contribution is 6.03. The summed E-state index contributed by atoms with van der Waals surface area (Å²) in [4.78, 5) is 27.8. The van der Waals surface area contributed by atoms with E-state index in [1.807, 2.05) is 0 Å². The molecular formula is C17H19N3O4. The molecule has 0 unspecified atom stereocenters. The number of hydrogen-bond donors (Lipinski definition) is 2. The van der Waals surface area contributed by atoms with Gasteiger partial charge in [-0.25, -0.2) is 4.79 Å². The van der Waals surface area contributed by atoms with Crippen molar-refractivity contribution in [3.05, 3.63) is 71.3 Å². The Morgan fingerprint density at radius 3 is 2.79 bits per heavy atom. The minimum atomic E-state index is -0.839. The molecular weight excluding hydrogens is 310 g/mol. The summed E-state index contributed by atoms with van der Waals surface area (Å²) in [6.07, 6.45) is 2.20. The van der Waals surface area contributed by atoms with Crippen LogP contribution in [0.15, 0.2) is 60.0 Å². The number of benzene rings is 1. The van der Waals surface area contributed by atoms with Gasteiger partial charge in [0.15, 0.2) is 0 Å². The summed E-state index contributed by atoms with van der Waals surface area (Å²) in [5.41, 5.74) is -0.0955. The lowest BCUT2D eigenvalue weighted by Gasteiger charge is -2.12. The standard InChI is InChI=1S/C17H19N3O4/c1-2-10-24-12-14(21)11-20-9-8-15(19-17(20)23)18-16(22)13-6-4-3-5-7-13/h2-9,14,21H,1,10-12H2,(H,18,19,22,23)/t14-/m0/s1. The Hall–Kier alpha value is -2.77. The maximum atomic E-state index is 12.0. The Morgan fingerprint density at radius 2 is 2.12 bits per heavy atom. The minimum Gasteiger partial charge on any atom is -0.389 e. The highest BCUT2D eigenvalue weighted by Crippen LogP contribution is 2.04. The lowest BCUT2D eigenvalue weighted by atomic mass is 10.2. The maximum absolute atomic E-state index is 12.0. The van der Waals surface area contributed by atoms with E-state index in [9.17, 15) is 14.7 Å². The van der Waals surface area contributed by atoms with Crippen LogP contribution in [0.25, 0.3) is 0 Å². The largest absolute Gasteiger partial charge is 0.389 e. The molecule has 1 aromatic carbocycles. The molecule has 0 saturated heterocycles. The predicted octanol–water partition coefficient (Wildman–Crippen LogP) is 1.06. The number of ether oxygens (including phenoxy) is 1. The zero-order valence-corrected chi connectivity index (χ0v) is 13.1. The van der Waals surface area contributed by atoms with Crippen molar-refractivity contribution in [2.75, 3.05) is 18.5 Å². The number of aliphatic hydroxyl groups is 1. The second kappa shape index (κ2) is 8.76. The van der Waals surface area contributed by atoms with Crippen LogP contribution in [0.4, 0.5) is 5.82 Å². The summed E-state index contributed by atoms with van der Waals surface area (Å²) in [7, 11) is 0. The van der Waals surface area contributed by atoms with E-state index in [-0.39, 0.29) is 24.9 Å². The van der Waals surface area contributed by atoms with Crippen LogP contribution in [0.1, 0.15) is 10.4 Å². The Balaban J connectivity index is 1.98. The van der Waals surface area contributed by atoms with E-state index in [2.05, 4.69) is 16.9 Å². The fourth-order valence-corrected chi connectivity index (χ4v) is 1.98. The van der Waals surface area contributed by atoms with Crippen LogP contribution in [0.3, 0.4) is 0 Å². The van der Waals surface area contributed by atoms with Gasteiger partial charge in [-0.15, -0.1) is 6.58 Å². The molecule has 1 amide bonds. The number of aromatic nitrogens is 2. The number of carbonyl (C=O) groups excluding carboxylic acids is 1. The Morgan fingerprint density at radius 1 is 1.38 bits per heavy atom. The van der Waals surface area contributed by atoms with Crippen molar-refractivity contribution in [3.63, 3.8) is 0 Å².